The van der Waals surface area contributed by atoms with Crippen LogP contribution < -0.4 is 0 Å². The normalized spacial score (nSPS) is 32.7. The van der Waals surface area contributed by atoms with E-state index in [1.807, 2.05) is 6.92 Å². The smallest absolute Gasteiger partial charge is 0.420 e. The Morgan fingerprint density at radius 1 is 2.00 bits per heavy atom. The molecule has 0 spiro atoms. The molecule has 3 nitrogen and oxygen atoms in total. The van der Waals surface area contributed by atoms with E-state index in [1.54, 1.807) is 0 Å². The summed E-state index contributed by atoms with van der Waals surface area (Å²) in [5, 5.41) is 0. The van der Waals surface area contributed by atoms with Crippen molar-refractivity contribution in [1.82, 2.24) is 3.93 Å². The molecule has 0 bridgehead atoms. The maximum atomic E-state index is 10.7. The van der Waals surface area contributed by atoms with E-state index in [4.69, 9.17) is 16.3 Å². The van der Waals surface area contributed by atoms with Gasteiger partial charge in [0.1, 0.15) is 12.1 Å². The van der Waals surface area contributed by atoms with Crippen molar-refractivity contribution in [2.75, 3.05) is 12.5 Å². The molecule has 1 fully saturated rings. The molecule has 1 rings (SSSR count). The average Bonchev–Trinajstić information content (AvgIpc) is 2.19. The molecule has 0 aromatic carbocycles. The summed E-state index contributed by atoms with van der Waals surface area (Å²) in [6, 6.07) is 0. The third-order valence-electron chi connectivity index (χ3n) is 1.43. The Hall–Kier alpha value is 0.0400. The number of hydrogen-bond donors (Lipinski definition) is 0. The maximum Gasteiger partial charge on any atom is 0.420 e. The largest absolute Gasteiger partial charge is 0.446 e. The fraction of sp³-hybridized carbons (Fsp3) is 0.800. The lowest BCUT2D eigenvalue weighted by molar-refractivity contribution is 0.171. The summed E-state index contributed by atoms with van der Waals surface area (Å²) in [5.41, 5.74) is -0.390. The molecule has 0 saturated carbocycles. The molecule has 0 aromatic rings. The highest BCUT2D eigenvalue weighted by atomic mass is 79.9. The molecule has 1 heterocycles. The van der Waals surface area contributed by atoms with Gasteiger partial charge in [-0.2, -0.15) is 0 Å². The topological polar surface area (TPSA) is 29.5 Å². The third-order valence-corrected chi connectivity index (χ3v) is 3.15. The van der Waals surface area contributed by atoms with Crippen LogP contribution in [-0.2, 0) is 4.74 Å². The van der Waals surface area contributed by atoms with Crippen LogP contribution in [0.15, 0.2) is 0 Å². The van der Waals surface area contributed by atoms with Crippen molar-refractivity contribution >= 4 is 33.8 Å². The van der Waals surface area contributed by atoms with Gasteiger partial charge in [-0.05, 0) is 6.92 Å². The summed E-state index contributed by atoms with van der Waals surface area (Å²) in [6.07, 6.45) is -0.372. The number of ether oxygens (including phenoxy) is 1. The first kappa shape index (κ1) is 8.14. The number of carbonyl (C=O) groups is 1. The number of hydrogen-bond acceptors (Lipinski definition) is 2. The molecule has 1 aliphatic heterocycles. The monoisotopic (exact) mass is 227 g/mol. The van der Waals surface area contributed by atoms with Gasteiger partial charge in [-0.1, -0.05) is 0 Å². The van der Waals surface area contributed by atoms with E-state index in [9.17, 15) is 4.79 Å². The molecule has 10 heavy (non-hydrogen) atoms. The molecular formula is C5H7BrClNO2. The van der Waals surface area contributed by atoms with Crippen molar-refractivity contribution in [2.45, 2.75) is 12.5 Å². The van der Waals surface area contributed by atoms with Gasteiger partial charge in [0, 0.05) is 5.88 Å². The van der Waals surface area contributed by atoms with Crippen LogP contribution in [-0.4, -0.2) is 28.0 Å². The Morgan fingerprint density at radius 3 is 2.80 bits per heavy atom. The van der Waals surface area contributed by atoms with Crippen LogP contribution in [0.4, 0.5) is 4.79 Å². The lowest BCUT2D eigenvalue weighted by Gasteiger charge is -2.22. The molecule has 0 radical (unpaired) electrons. The molecule has 0 aromatic heterocycles. The Morgan fingerprint density at radius 2 is 2.60 bits per heavy atom. The van der Waals surface area contributed by atoms with Crippen molar-refractivity contribution in [3.63, 3.8) is 0 Å². The minimum atomic E-state index is -0.390. The highest BCUT2D eigenvalue weighted by molar-refractivity contribution is 9.07. The number of nitrogens with zero attached hydrogens (tertiary/aromatic N) is 1. The first-order valence-electron chi connectivity index (χ1n) is 2.79. The van der Waals surface area contributed by atoms with Gasteiger partial charge < -0.3 is 4.74 Å². The molecule has 1 amide bonds. The van der Waals surface area contributed by atoms with Crippen LogP contribution in [0.5, 0.6) is 0 Å². The fourth-order valence-electron chi connectivity index (χ4n) is 0.642. The molecular weight excluding hydrogens is 221 g/mol. The molecule has 0 unspecified atom stereocenters. The van der Waals surface area contributed by atoms with Gasteiger partial charge in [-0.3, -0.25) is 0 Å². The summed E-state index contributed by atoms with van der Waals surface area (Å²) in [7, 11) is 0. The summed E-state index contributed by atoms with van der Waals surface area (Å²) >= 11 is 8.67. The molecule has 1 aliphatic rings. The van der Waals surface area contributed by atoms with Crippen molar-refractivity contribution in [1.29, 1.82) is 0 Å². The van der Waals surface area contributed by atoms with Gasteiger partial charge in [0.15, 0.2) is 0 Å². The predicted octanol–water partition coefficient (Wildman–Crippen LogP) is 1.75. The fourth-order valence-corrected chi connectivity index (χ4v) is 1.31. The standard InChI is InChI=1S/C5H7BrClNO2/c1-5(2-7)3-10-4(9)8(5)6/h2-3H2,1H3/t5-/m1/s1. The van der Waals surface area contributed by atoms with Crippen molar-refractivity contribution in [2.24, 2.45) is 0 Å². The van der Waals surface area contributed by atoms with Crippen LogP contribution >= 0.6 is 27.7 Å². The molecule has 1 atom stereocenters. The summed E-state index contributed by atoms with van der Waals surface area (Å²) < 4.78 is 6.07. The summed E-state index contributed by atoms with van der Waals surface area (Å²) in [5.74, 6) is 0.365. The third kappa shape index (κ3) is 1.10. The molecule has 0 aliphatic carbocycles. The van der Waals surface area contributed by atoms with Crippen LogP contribution in [0.25, 0.3) is 0 Å². The Kier molecular flexibility index (Phi) is 2.10. The van der Waals surface area contributed by atoms with Crippen LogP contribution in [0.3, 0.4) is 0 Å². The van der Waals surface area contributed by atoms with E-state index in [0.717, 1.165) is 0 Å². The molecule has 5 heteroatoms. The first-order chi connectivity index (χ1) is 4.60. The van der Waals surface area contributed by atoms with Gasteiger partial charge in [0.25, 0.3) is 0 Å². The number of carbonyl (C=O) groups excluding carboxylic acids is 1. The second-order valence-electron chi connectivity index (χ2n) is 2.47. The van der Waals surface area contributed by atoms with E-state index in [0.29, 0.717) is 12.5 Å². The number of halogens is 2. The van der Waals surface area contributed by atoms with Gasteiger partial charge in [0.2, 0.25) is 0 Å². The zero-order chi connectivity index (χ0) is 7.78. The zero-order valence-electron chi connectivity index (χ0n) is 5.43. The zero-order valence-corrected chi connectivity index (χ0v) is 7.78. The number of amides is 1. The van der Waals surface area contributed by atoms with Gasteiger partial charge in [-0.15, -0.1) is 11.6 Å². The summed E-state index contributed by atoms with van der Waals surface area (Å²) in [6.45, 7) is 2.19. The Bertz CT molecular complexity index is 166. The van der Waals surface area contributed by atoms with Crippen molar-refractivity contribution in [3.8, 4) is 0 Å². The second-order valence-corrected chi connectivity index (χ2v) is 3.44. The second kappa shape index (κ2) is 2.58. The minimum absolute atomic E-state index is 0.348. The highest BCUT2D eigenvalue weighted by Crippen LogP contribution is 2.28. The lowest BCUT2D eigenvalue weighted by atomic mass is 10.1. The van der Waals surface area contributed by atoms with E-state index < -0.39 is 5.54 Å². The first-order valence-corrected chi connectivity index (χ1v) is 4.03. The van der Waals surface area contributed by atoms with E-state index in [1.165, 1.54) is 3.93 Å². The Labute approximate surface area is 72.6 Å². The maximum absolute atomic E-state index is 10.7. The average molecular weight is 228 g/mol. The minimum Gasteiger partial charge on any atom is -0.446 e. The van der Waals surface area contributed by atoms with E-state index >= 15 is 0 Å². The van der Waals surface area contributed by atoms with Crippen LogP contribution in [0.2, 0.25) is 0 Å². The number of rotatable bonds is 1. The summed E-state index contributed by atoms with van der Waals surface area (Å²) in [4.78, 5) is 10.7. The van der Waals surface area contributed by atoms with Crippen LogP contribution in [0.1, 0.15) is 6.92 Å². The predicted molar refractivity (Wildman–Crippen MR) is 41.2 cm³/mol. The van der Waals surface area contributed by atoms with E-state index in [-0.39, 0.29) is 6.09 Å². The number of alkyl halides is 1. The quantitative estimate of drug-likeness (QED) is 0.505. The van der Waals surface area contributed by atoms with Gasteiger partial charge in [-0.25, -0.2) is 8.72 Å². The van der Waals surface area contributed by atoms with Crippen molar-refractivity contribution in [3.05, 3.63) is 0 Å². The molecule has 1 saturated heterocycles. The lowest BCUT2D eigenvalue weighted by Crippen LogP contribution is -2.39. The Balaban J connectivity index is 2.73. The van der Waals surface area contributed by atoms with Crippen LogP contribution in [0, 0.1) is 0 Å². The van der Waals surface area contributed by atoms with Gasteiger partial charge >= 0.3 is 6.09 Å². The van der Waals surface area contributed by atoms with Gasteiger partial charge in [0.05, 0.1) is 16.1 Å². The highest BCUT2D eigenvalue weighted by Gasteiger charge is 2.42. The molecule has 58 valence electrons. The van der Waals surface area contributed by atoms with Crippen molar-refractivity contribution < 1.29 is 9.53 Å². The number of cyclic esters (lactones) is 1. The SMILES string of the molecule is C[C@@]1(CCl)COC(=O)N1Br. The van der Waals surface area contributed by atoms with E-state index in [2.05, 4.69) is 16.1 Å². The molecule has 0 N–H and O–H groups in total.